The fourth-order valence-electron chi connectivity index (χ4n) is 4.17. The predicted molar refractivity (Wildman–Crippen MR) is 134 cm³/mol. The second-order valence-electron chi connectivity index (χ2n) is 8.59. The minimum atomic E-state index is -0.833. The van der Waals surface area contributed by atoms with E-state index in [4.69, 9.17) is 42.5 Å². The van der Waals surface area contributed by atoms with Gasteiger partial charge in [-0.05, 0) is 37.5 Å². The molecule has 2 N–H and O–H groups in total. The van der Waals surface area contributed by atoms with Crippen LogP contribution in [0.1, 0.15) is 37.7 Å². The van der Waals surface area contributed by atoms with Gasteiger partial charge in [-0.2, -0.15) is 0 Å². The molecule has 7 nitrogen and oxygen atoms in total. The van der Waals surface area contributed by atoms with E-state index in [1.807, 2.05) is 30.3 Å². The lowest BCUT2D eigenvalue weighted by Crippen LogP contribution is -2.33. The molecule has 4 rings (SSSR count). The Morgan fingerprint density at radius 3 is 2.54 bits per heavy atom. The van der Waals surface area contributed by atoms with Crippen LogP contribution in [0.2, 0.25) is 10.0 Å². The summed E-state index contributed by atoms with van der Waals surface area (Å²) in [4.78, 5) is 24.9. The maximum absolute atomic E-state index is 12.2. The third-order valence-electron chi connectivity index (χ3n) is 6.12. The first-order valence-electron chi connectivity index (χ1n) is 11.5. The van der Waals surface area contributed by atoms with Gasteiger partial charge in [-0.15, -0.1) is 0 Å². The Balaban J connectivity index is 1.35. The summed E-state index contributed by atoms with van der Waals surface area (Å²) in [6, 6.07) is 11.2. The molecule has 1 aliphatic heterocycles. The number of carboxylic acid groups (broad SMARTS) is 1. The molecule has 2 aromatic carbocycles. The Labute approximate surface area is 218 Å². The van der Waals surface area contributed by atoms with Crippen LogP contribution in [0.25, 0.3) is 0 Å². The zero-order valence-electron chi connectivity index (χ0n) is 19.0. The van der Waals surface area contributed by atoms with E-state index in [2.05, 4.69) is 5.32 Å². The number of aliphatic carboxylic acids is 1. The van der Waals surface area contributed by atoms with E-state index in [0.717, 1.165) is 28.4 Å². The number of carboxylic acids is 1. The van der Waals surface area contributed by atoms with E-state index < -0.39 is 18.0 Å². The van der Waals surface area contributed by atoms with Crippen LogP contribution in [0.5, 0.6) is 5.75 Å². The molecule has 2 fully saturated rings. The van der Waals surface area contributed by atoms with Crippen LogP contribution in [0.4, 0.5) is 4.79 Å². The highest BCUT2D eigenvalue weighted by Gasteiger charge is 2.31. The van der Waals surface area contributed by atoms with Crippen molar-refractivity contribution in [2.24, 2.45) is 5.92 Å². The van der Waals surface area contributed by atoms with Crippen molar-refractivity contribution in [3.8, 4) is 5.75 Å². The second kappa shape index (κ2) is 12.2. The van der Waals surface area contributed by atoms with E-state index >= 15 is 0 Å². The number of para-hydroxylation sites is 1. The lowest BCUT2D eigenvalue weighted by molar-refractivity contribution is -0.141. The van der Waals surface area contributed by atoms with Crippen LogP contribution in [0, 0.1) is 5.92 Å². The highest BCUT2D eigenvalue weighted by atomic mass is 35.5. The maximum Gasteiger partial charge on any atom is 0.407 e. The molecule has 0 aromatic heterocycles. The number of hydrogen-bond acceptors (Lipinski definition) is 6. The summed E-state index contributed by atoms with van der Waals surface area (Å²) in [6.45, 7) is 1.35. The molecule has 0 bridgehead atoms. The van der Waals surface area contributed by atoms with Crippen LogP contribution in [-0.2, 0) is 20.9 Å². The summed E-state index contributed by atoms with van der Waals surface area (Å²) in [5.74, 6) is -0.469. The van der Waals surface area contributed by atoms with Gasteiger partial charge in [-0.25, -0.2) is 4.79 Å². The van der Waals surface area contributed by atoms with Crippen molar-refractivity contribution in [3.63, 3.8) is 0 Å². The number of carbonyl (C=O) groups is 2. The van der Waals surface area contributed by atoms with Crippen LogP contribution < -0.4 is 10.1 Å². The van der Waals surface area contributed by atoms with Crippen molar-refractivity contribution in [2.45, 2.75) is 60.6 Å². The van der Waals surface area contributed by atoms with Gasteiger partial charge in [0.25, 0.3) is 0 Å². The van der Waals surface area contributed by atoms with Crippen molar-refractivity contribution < 1.29 is 28.9 Å². The van der Waals surface area contributed by atoms with Gasteiger partial charge >= 0.3 is 12.1 Å². The Kier molecular flexibility index (Phi) is 9.05. The number of halogens is 2. The van der Waals surface area contributed by atoms with Gasteiger partial charge in [-0.1, -0.05) is 53.2 Å². The Morgan fingerprint density at radius 2 is 1.80 bits per heavy atom. The van der Waals surface area contributed by atoms with Gasteiger partial charge in [0.05, 0.1) is 34.1 Å². The zero-order valence-corrected chi connectivity index (χ0v) is 21.3. The number of hydrogen-bond donors (Lipinski definition) is 2. The summed E-state index contributed by atoms with van der Waals surface area (Å²) < 4.78 is 16.9. The average Bonchev–Trinajstić information content (AvgIpc) is 3.32. The summed E-state index contributed by atoms with van der Waals surface area (Å²) in [5.41, 5.74) is 0.581. The number of benzene rings is 2. The van der Waals surface area contributed by atoms with Crippen LogP contribution in [0.15, 0.2) is 46.2 Å². The molecule has 0 spiro atoms. The molecule has 1 aliphatic carbocycles. The first kappa shape index (κ1) is 25.9. The molecule has 1 saturated heterocycles. The first-order valence-corrected chi connectivity index (χ1v) is 13.1. The zero-order chi connectivity index (χ0) is 24.8. The number of alkyl carbamates (subject to hydrolysis) is 1. The fourth-order valence-corrected chi connectivity index (χ4v) is 5.68. The topological polar surface area (TPSA) is 94.1 Å². The molecule has 10 heteroatoms. The third-order valence-corrected chi connectivity index (χ3v) is 8.27. The highest BCUT2D eigenvalue weighted by molar-refractivity contribution is 7.99. The molecule has 0 unspecified atom stereocenters. The largest absolute Gasteiger partial charge is 0.489 e. The van der Waals surface area contributed by atoms with Gasteiger partial charge in [0.2, 0.25) is 0 Å². The number of rotatable bonds is 8. The molecule has 1 saturated carbocycles. The second-order valence-corrected chi connectivity index (χ2v) is 10.4. The number of nitrogens with one attached hydrogen (secondary N) is 1. The monoisotopic (exact) mass is 539 g/mol. The van der Waals surface area contributed by atoms with E-state index in [0.29, 0.717) is 48.1 Å². The summed E-state index contributed by atoms with van der Waals surface area (Å²) >= 11 is 14.5. The smallest absolute Gasteiger partial charge is 0.407 e. The molecule has 2 aliphatic rings. The molecule has 188 valence electrons. The van der Waals surface area contributed by atoms with Crippen LogP contribution in [0.3, 0.4) is 0 Å². The van der Waals surface area contributed by atoms with E-state index in [1.54, 1.807) is 6.07 Å². The first-order chi connectivity index (χ1) is 16.9. The predicted octanol–water partition coefficient (Wildman–Crippen LogP) is 6.18. The van der Waals surface area contributed by atoms with Crippen LogP contribution in [-0.4, -0.2) is 42.5 Å². The van der Waals surface area contributed by atoms with Crippen molar-refractivity contribution in [1.82, 2.24) is 5.32 Å². The average molecular weight is 540 g/mol. The summed E-state index contributed by atoms with van der Waals surface area (Å²) in [5, 5.41) is 12.5. The van der Waals surface area contributed by atoms with Gasteiger partial charge in [0, 0.05) is 29.3 Å². The van der Waals surface area contributed by atoms with Crippen molar-refractivity contribution in [2.75, 3.05) is 13.2 Å². The van der Waals surface area contributed by atoms with Gasteiger partial charge in [-0.3, -0.25) is 4.79 Å². The molecule has 0 radical (unpaired) electrons. The van der Waals surface area contributed by atoms with Crippen molar-refractivity contribution in [3.05, 3.63) is 52.0 Å². The Hall–Kier alpha value is -2.13. The molecule has 35 heavy (non-hydrogen) atoms. The molecular formula is C25H27Cl2NO6S. The molecule has 2 aromatic rings. The number of ether oxygens (including phenoxy) is 3. The Bertz CT molecular complexity index is 1060. The minimum absolute atomic E-state index is 0.0478. The number of carbonyl (C=O) groups excluding carboxylic acids is 1. The molecular weight excluding hydrogens is 513 g/mol. The summed E-state index contributed by atoms with van der Waals surface area (Å²) in [7, 11) is 0. The van der Waals surface area contributed by atoms with Gasteiger partial charge in [0.15, 0.2) is 0 Å². The van der Waals surface area contributed by atoms with Crippen LogP contribution >= 0.6 is 35.0 Å². The van der Waals surface area contributed by atoms with Crippen molar-refractivity contribution >= 4 is 47.0 Å². The normalized spacial score (nSPS) is 20.4. The van der Waals surface area contributed by atoms with E-state index in [-0.39, 0.29) is 18.8 Å². The standard InChI is InChI=1S/C25H27Cl2NO6S/c26-22-16(14-33-25(31)28-17-7-5-15(13-17)24(29)30)6-8-21(23(22)27)35-20-4-2-1-3-19(20)34-18-9-11-32-12-10-18/h1-4,6,8,15,17-18H,5,7,9-14H2,(H,28,31)(H,29,30)/t15-,17+/m1/s1. The highest BCUT2D eigenvalue weighted by Crippen LogP contribution is 2.42. The third kappa shape index (κ3) is 6.97. The van der Waals surface area contributed by atoms with Crippen molar-refractivity contribution in [1.29, 1.82) is 0 Å². The number of amides is 1. The lowest BCUT2D eigenvalue weighted by atomic mass is 10.1. The molecule has 2 atom stereocenters. The van der Waals surface area contributed by atoms with Gasteiger partial charge in [0.1, 0.15) is 18.5 Å². The van der Waals surface area contributed by atoms with E-state index in [1.165, 1.54) is 11.8 Å². The SMILES string of the molecule is O=C(N[C@H]1CC[C@@H](C(=O)O)C1)OCc1ccc(Sc2ccccc2OC2CCOCC2)c(Cl)c1Cl. The van der Waals surface area contributed by atoms with E-state index in [9.17, 15) is 9.59 Å². The molecule has 1 amide bonds. The quantitative estimate of drug-likeness (QED) is 0.413. The fraction of sp³-hybridized carbons (Fsp3) is 0.440. The lowest BCUT2D eigenvalue weighted by Gasteiger charge is -2.24. The Morgan fingerprint density at radius 1 is 1.03 bits per heavy atom. The summed E-state index contributed by atoms with van der Waals surface area (Å²) in [6.07, 6.45) is 2.79. The maximum atomic E-state index is 12.2. The molecule has 1 heterocycles. The van der Waals surface area contributed by atoms with Gasteiger partial charge < -0.3 is 24.6 Å². The minimum Gasteiger partial charge on any atom is -0.489 e.